The first-order chi connectivity index (χ1) is 10.2. The molecule has 6 heteroatoms. The standard InChI is InChI=1S/C15H14ClN5/c1-3-12-10(2)18-15(19-14(12)16)13-9-17-21(20-13)11-7-5-4-6-8-11/h4-9H,3H2,1-2H3. The number of para-hydroxylation sites is 1. The van der Waals surface area contributed by atoms with Gasteiger partial charge in [-0.3, -0.25) is 0 Å². The van der Waals surface area contributed by atoms with Crippen molar-refractivity contribution in [1.82, 2.24) is 25.0 Å². The van der Waals surface area contributed by atoms with E-state index in [9.17, 15) is 0 Å². The summed E-state index contributed by atoms with van der Waals surface area (Å²) in [5, 5.41) is 9.14. The van der Waals surface area contributed by atoms with Crippen LogP contribution in [0.3, 0.4) is 0 Å². The summed E-state index contributed by atoms with van der Waals surface area (Å²) in [7, 11) is 0. The third kappa shape index (κ3) is 2.64. The molecule has 0 radical (unpaired) electrons. The number of aryl methyl sites for hydroxylation is 1. The lowest BCUT2D eigenvalue weighted by atomic mass is 10.2. The zero-order valence-electron chi connectivity index (χ0n) is 11.8. The quantitative estimate of drug-likeness (QED) is 0.697. The van der Waals surface area contributed by atoms with Crippen molar-refractivity contribution in [2.45, 2.75) is 20.3 Å². The van der Waals surface area contributed by atoms with Crippen LogP contribution in [-0.4, -0.2) is 25.0 Å². The van der Waals surface area contributed by atoms with E-state index in [1.165, 1.54) is 0 Å². The largest absolute Gasteiger partial charge is 0.232 e. The Morgan fingerprint density at radius 3 is 2.57 bits per heavy atom. The number of hydrogen-bond donors (Lipinski definition) is 0. The maximum atomic E-state index is 6.20. The molecule has 3 rings (SSSR count). The topological polar surface area (TPSA) is 56.5 Å². The molecule has 0 saturated heterocycles. The molecule has 0 bridgehead atoms. The summed E-state index contributed by atoms with van der Waals surface area (Å²) in [5.41, 5.74) is 3.33. The van der Waals surface area contributed by atoms with Crippen molar-refractivity contribution < 1.29 is 0 Å². The first-order valence-electron chi connectivity index (χ1n) is 6.70. The van der Waals surface area contributed by atoms with Gasteiger partial charge in [0.1, 0.15) is 5.15 Å². The summed E-state index contributed by atoms with van der Waals surface area (Å²) in [6, 6.07) is 9.69. The Morgan fingerprint density at radius 1 is 1.14 bits per heavy atom. The molecule has 0 N–H and O–H groups in total. The number of benzene rings is 1. The van der Waals surface area contributed by atoms with E-state index < -0.39 is 0 Å². The van der Waals surface area contributed by atoms with Crippen molar-refractivity contribution in [3.8, 4) is 17.2 Å². The third-order valence-electron chi connectivity index (χ3n) is 3.23. The van der Waals surface area contributed by atoms with Crippen molar-refractivity contribution in [3.63, 3.8) is 0 Å². The summed E-state index contributed by atoms with van der Waals surface area (Å²) in [6.07, 6.45) is 2.45. The van der Waals surface area contributed by atoms with Gasteiger partial charge in [-0.05, 0) is 25.5 Å². The SMILES string of the molecule is CCc1c(C)nc(-c2cnn(-c3ccccc3)n2)nc1Cl. The van der Waals surface area contributed by atoms with E-state index in [0.29, 0.717) is 16.7 Å². The normalized spacial score (nSPS) is 10.8. The average Bonchev–Trinajstić information content (AvgIpc) is 2.97. The van der Waals surface area contributed by atoms with Gasteiger partial charge in [-0.15, -0.1) is 5.10 Å². The van der Waals surface area contributed by atoms with Gasteiger partial charge >= 0.3 is 0 Å². The second-order valence-corrected chi connectivity index (χ2v) is 4.97. The second kappa shape index (κ2) is 5.61. The van der Waals surface area contributed by atoms with Crippen molar-refractivity contribution in [3.05, 3.63) is 52.9 Å². The van der Waals surface area contributed by atoms with Crippen LogP contribution in [0.4, 0.5) is 0 Å². The van der Waals surface area contributed by atoms with Gasteiger partial charge in [0, 0.05) is 11.3 Å². The van der Waals surface area contributed by atoms with Gasteiger partial charge in [0.15, 0.2) is 11.5 Å². The molecule has 2 heterocycles. The molecule has 0 atom stereocenters. The van der Waals surface area contributed by atoms with Crippen LogP contribution in [0.1, 0.15) is 18.2 Å². The van der Waals surface area contributed by atoms with Crippen LogP contribution in [0.15, 0.2) is 36.5 Å². The molecule has 0 saturated carbocycles. The van der Waals surface area contributed by atoms with Crippen LogP contribution in [0.25, 0.3) is 17.2 Å². The number of hydrogen-bond acceptors (Lipinski definition) is 4. The van der Waals surface area contributed by atoms with Crippen LogP contribution in [0.5, 0.6) is 0 Å². The first-order valence-corrected chi connectivity index (χ1v) is 7.08. The Hall–Kier alpha value is -2.27. The summed E-state index contributed by atoms with van der Waals surface area (Å²) >= 11 is 6.20. The van der Waals surface area contributed by atoms with Crippen LogP contribution >= 0.6 is 11.6 Å². The van der Waals surface area contributed by atoms with E-state index >= 15 is 0 Å². The number of aromatic nitrogens is 5. The molecule has 5 nitrogen and oxygen atoms in total. The van der Waals surface area contributed by atoms with Crippen LogP contribution < -0.4 is 0 Å². The fraction of sp³-hybridized carbons (Fsp3) is 0.200. The molecule has 3 aromatic rings. The second-order valence-electron chi connectivity index (χ2n) is 4.61. The van der Waals surface area contributed by atoms with Gasteiger partial charge in [-0.2, -0.15) is 9.90 Å². The molecule has 0 fully saturated rings. The molecular weight excluding hydrogens is 286 g/mol. The highest BCUT2D eigenvalue weighted by atomic mass is 35.5. The minimum Gasteiger partial charge on any atom is -0.232 e. The lowest BCUT2D eigenvalue weighted by molar-refractivity contribution is 0.752. The van der Waals surface area contributed by atoms with E-state index in [4.69, 9.17) is 11.6 Å². The smallest absolute Gasteiger partial charge is 0.183 e. The molecule has 0 spiro atoms. The van der Waals surface area contributed by atoms with Crippen molar-refractivity contribution in [2.75, 3.05) is 0 Å². The lowest BCUT2D eigenvalue weighted by Crippen LogP contribution is -2.01. The van der Waals surface area contributed by atoms with E-state index in [0.717, 1.165) is 23.4 Å². The molecule has 0 aliphatic heterocycles. The van der Waals surface area contributed by atoms with E-state index in [1.807, 2.05) is 44.2 Å². The lowest BCUT2D eigenvalue weighted by Gasteiger charge is -2.05. The van der Waals surface area contributed by atoms with E-state index in [1.54, 1.807) is 11.0 Å². The van der Waals surface area contributed by atoms with Crippen molar-refractivity contribution >= 4 is 11.6 Å². The van der Waals surface area contributed by atoms with Gasteiger partial charge in [-0.1, -0.05) is 36.7 Å². The minimum absolute atomic E-state index is 0.481. The summed E-state index contributed by atoms with van der Waals surface area (Å²) in [5.74, 6) is 0.497. The highest BCUT2D eigenvalue weighted by Gasteiger charge is 2.13. The highest BCUT2D eigenvalue weighted by Crippen LogP contribution is 2.21. The fourth-order valence-electron chi connectivity index (χ4n) is 2.13. The molecule has 2 aromatic heterocycles. The monoisotopic (exact) mass is 299 g/mol. The van der Waals surface area contributed by atoms with Gasteiger partial charge in [0.25, 0.3) is 0 Å². The van der Waals surface area contributed by atoms with Gasteiger partial charge in [0.2, 0.25) is 0 Å². The Balaban J connectivity index is 2.01. The zero-order valence-corrected chi connectivity index (χ0v) is 12.5. The third-order valence-corrected chi connectivity index (χ3v) is 3.54. The predicted octanol–water partition coefficient (Wildman–Crippen LogP) is 3.25. The molecule has 0 unspecified atom stereocenters. The molecular formula is C15H14ClN5. The number of rotatable bonds is 3. The fourth-order valence-corrected chi connectivity index (χ4v) is 2.48. The molecule has 21 heavy (non-hydrogen) atoms. The van der Waals surface area contributed by atoms with Gasteiger partial charge < -0.3 is 0 Å². The minimum atomic E-state index is 0.481. The number of halogens is 1. The summed E-state index contributed by atoms with van der Waals surface area (Å²) < 4.78 is 0. The maximum absolute atomic E-state index is 6.20. The molecule has 0 amide bonds. The Kier molecular flexibility index (Phi) is 3.66. The van der Waals surface area contributed by atoms with E-state index in [2.05, 4.69) is 20.2 Å². The summed E-state index contributed by atoms with van der Waals surface area (Å²) in [6.45, 7) is 3.96. The molecule has 0 aliphatic carbocycles. The first kappa shape index (κ1) is 13.7. The Bertz CT molecular complexity index is 744. The maximum Gasteiger partial charge on any atom is 0.183 e. The number of nitrogens with zero attached hydrogens (tertiary/aromatic N) is 5. The zero-order chi connectivity index (χ0) is 14.8. The van der Waals surface area contributed by atoms with Gasteiger partial charge in [-0.25, -0.2) is 9.97 Å². The van der Waals surface area contributed by atoms with Crippen LogP contribution in [0.2, 0.25) is 5.15 Å². The highest BCUT2D eigenvalue weighted by molar-refractivity contribution is 6.30. The Labute approximate surface area is 127 Å². The van der Waals surface area contributed by atoms with Crippen LogP contribution in [-0.2, 0) is 6.42 Å². The van der Waals surface area contributed by atoms with Crippen molar-refractivity contribution in [2.24, 2.45) is 0 Å². The molecule has 106 valence electrons. The average molecular weight is 300 g/mol. The summed E-state index contributed by atoms with van der Waals surface area (Å²) in [4.78, 5) is 10.3. The van der Waals surface area contributed by atoms with Gasteiger partial charge in [0.05, 0.1) is 11.9 Å². The molecule has 1 aromatic carbocycles. The van der Waals surface area contributed by atoms with Crippen molar-refractivity contribution in [1.29, 1.82) is 0 Å². The van der Waals surface area contributed by atoms with E-state index in [-0.39, 0.29) is 0 Å². The Morgan fingerprint density at radius 2 is 1.90 bits per heavy atom. The van der Waals surface area contributed by atoms with Crippen LogP contribution in [0, 0.1) is 6.92 Å². The molecule has 0 aliphatic rings. The predicted molar refractivity (Wildman–Crippen MR) is 81.5 cm³/mol.